The molecule has 2 aromatic rings. The van der Waals surface area contributed by atoms with Crippen molar-refractivity contribution in [1.82, 2.24) is 4.83 Å². The highest BCUT2D eigenvalue weighted by Gasteiger charge is 2.19. The van der Waals surface area contributed by atoms with E-state index in [2.05, 4.69) is 5.10 Å². The van der Waals surface area contributed by atoms with Gasteiger partial charge in [-0.2, -0.15) is 13.5 Å². The molecule has 0 saturated carbocycles. The number of nitrogens with zero attached hydrogens (tertiary/aromatic N) is 2. The van der Waals surface area contributed by atoms with E-state index in [-0.39, 0.29) is 22.1 Å². The molecule has 0 unspecified atom stereocenters. The van der Waals surface area contributed by atoms with Crippen LogP contribution in [0.4, 0.5) is 5.69 Å². The predicted octanol–water partition coefficient (Wildman–Crippen LogP) is 1.93. The maximum Gasteiger partial charge on any atom is 0.276 e. The summed E-state index contributed by atoms with van der Waals surface area (Å²) in [6, 6.07) is 7.96. The number of phenolic OH excluding ortho intramolecular Hbond substituents is 1. The third kappa shape index (κ3) is 4.23. The summed E-state index contributed by atoms with van der Waals surface area (Å²) in [5.74, 6) is 0.146. The number of methoxy groups -OCH3 is 1. The van der Waals surface area contributed by atoms with Crippen molar-refractivity contribution < 1.29 is 23.2 Å². The highest BCUT2D eigenvalue weighted by Crippen LogP contribution is 2.25. The molecule has 0 atom stereocenters. The van der Waals surface area contributed by atoms with Crippen LogP contribution in [0, 0.1) is 17.0 Å². The van der Waals surface area contributed by atoms with Crippen LogP contribution in [-0.2, 0) is 10.0 Å². The molecule has 0 saturated heterocycles. The van der Waals surface area contributed by atoms with Crippen molar-refractivity contribution in [3.05, 3.63) is 57.6 Å². The highest BCUT2D eigenvalue weighted by molar-refractivity contribution is 7.89. The van der Waals surface area contributed by atoms with Gasteiger partial charge in [-0.1, -0.05) is 6.07 Å². The molecule has 0 bridgehead atoms. The Kier molecular flexibility index (Phi) is 5.22. The van der Waals surface area contributed by atoms with Gasteiger partial charge < -0.3 is 9.84 Å². The summed E-state index contributed by atoms with van der Waals surface area (Å²) in [4.78, 5) is 11.9. The molecular formula is C15H15N3O6S. The molecule has 0 aliphatic carbocycles. The summed E-state index contributed by atoms with van der Waals surface area (Å²) in [5, 5.41) is 24.2. The Bertz CT molecular complexity index is 940. The second-order valence-electron chi connectivity index (χ2n) is 4.99. The Morgan fingerprint density at radius 3 is 2.60 bits per heavy atom. The average Bonchev–Trinajstić information content (AvgIpc) is 2.54. The average molecular weight is 365 g/mol. The molecule has 0 aromatic heterocycles. The molecule has 9 nitrogen and oxygen atoms in total. The maximum atomic E-state index is 12.2. The topological polar surface area (TPSA) is 131 Å². The van der Waals surface area contributed by atoms with Crippen LogP contribution in [0.25, 0.3) is 0 Å². The minimum absolute atomic E-state index is 0.122. The van der Waals surface area contributed by atoms with Gasteiger partial charge >= 0.3 is 0 Å². The highest BCUT2D eigenvalue weighted by atomic mass is 32.2. The van der Waals surface area contributed by atoms with Gasteiger partial charge in [0.05, 0.1) is 23.1 Å². The molecule has 10 heteroatoms. The van der Waals surface area contributed by atoms with Crippen LogP contribution in [0.1, 0.15) is 11.1 Å². The number of hydrogen-bond acceptors (Lipinski definition) is 7. The lowest BCUT2D eigenvalue weighted by Gasteiger charge is -2.05. The first kappa shape index (κ1) is 18.2. The number of hydrazone groups is 1. The monoisotopic (exact) mass is 365 g/mol. The standard InChI is InChI=1S/C15H15N3O6S/c1-10-3-5-12(8-13(10)18(20)21)25(22,23)17-16-9-11-4-6-15(24-2)14(19)7-11/h3-9,17,19H,1-2H3/b16-9+. The van der Waals surface area contributed by atoms with Crippen molar-refractivity contribution in [3.8, 4) is 11.5 Å². The molecule has 2 rings (SSSR count). The largest absolute Gasteiger partial charge is 0.504 e. The third-order valence-electron chi connectivity index (χ3n) is 3.28. The van der Waals surface area contributed by atoms with Crippen LogP contribution >= 0.6 is 0 Å². The molecule has 2 aromatic carbocycles. The molecule has 132 valence electrons. The van der Waals surface area contributed by atoms with E-state index < -0.39 is 14.9 Å². The van der Waals surface area contributed by atoms with Gasteiger partial charge in [-0.15, -0.1) is 0 Å². The number of phenols is 1. The van der Waals surface area contributed by atoms with Crippen LogP contribution in [0.3, 0.4) is 0 Å². The zero-order chi connectivity index (χ0) is 18.6. The van der Waals surface area contributed by atoms with Gasteiger partial charge in [0.15, 0.2) is 11.5 Å². The number of benzene rings is 2. The summed E-state index contributed by atoms with van der Waals surface area (Å²) < 4.78 is 29.2. The van der Waals surface area contributed by atoms with E-state index in [1.54, 1.807) is 6.07 Å². The molecule has 0 aliphatic rings. The molecule has 2 N–H and O–H groups in total. The van der Waals surface area contributed by atoms with E-state index in [1.165, 1.54) is 44.5 Å². The van der Waals surface area contributed by atoms with Crippen molar-refractivity contribution in [3.63, 3.8) is 0 Å². The molecule has 0 amide bonds. The number of nitro groups is 1. The minimum atomic E-state index is -4.07. The van der Waals surface area contributed by atoms with Gasteiger partial charge in [0, 0.05) is 11.6 Å². The zero-order valence-corrected chi connectivity index (χ0v) is 14.1. The quantitative estimate of drug-likeness (QED) is 0.457. The smallest absolute Gasteiger partial charge is 0.276 e. The van der Waals surface area contributed by atoms with Gasteiger partial charge in [-0.3, -0.25) is 10.1 Å². The number of aryl methyl sites for hydroxylation is 1. The fourth-order valence-corrected chi connectivity index (χ4v) is 2.77. The van der Waals surface area contributed by atoms with Crippen molar-refractivity contribution in [2.75, 3.05) is 7.11 Å². The normalized spacial score (nSPS) is 11.4. The third-order valence-corrected chi connectivity index (χ3v) is 4.50. The second kappa shape index (κ2) is 7.18. The Labute approximate surface area is 143 Å². The fraction of sp³-hybridized carbons (Fsp3) is 0.133. The number of sulfonamides is 1. The maximum absolute atomic E-state index is 12.2. The Morgan fingerprint density at radius 1 is 1.28 bits per heavy atom. The van der Waals surface area contributed by atoms with E-state index in [0.717, 1.165) is 6.07 Å². The van der Waals surface area contributed by atoms with Crippen molar-refractivity contribution >= 4 is 21.9 Å². The lowest BCUT2D eigenvalue weighted by atomic mass is 10.2. The Hall–Kier alpha value is -3.14. The Morgan fingerprint density at radius 2 is 2.00 bits per heavy atom. The van der Waals surface area contributed by atoms with Crippen molar-refractivity contribution in [2.45, 2.75) is 11.8 Å². The number of nitrogens with one attached hydrogen (secondary N) is 1. The van der Waals surface area contributed by atoms with Crippen LogP contribution in [-0.4, -0.2) is 31.8 Å². The van der Waals surface area contributed by atoms with E-state index in [4.69, 9.17) is 4.74 Å². The SMILES string of the molecule is COc1ccc(/C=N/NS(=O)(=O)c2ccc(C)c([N+](=O)[O-])c2)cc1O. The summed E-state index contributed by atoms with van der Waals surface area (Å²) in [5.41, 5.74) is 0.476. The zero-order valence-electron chi connectivity index (χ0n) is 13.3. The second-order valence-corrected chi connectivity index (χ2v) is 6.65. The molecule has 25 heavy (non-hydrogen) atoms. The summed E-state index contributed by atoms with van der Waals surface area (Å²) in [6.45, 7) is 1.51. The molecule has 0 heterocycles. The van der Waals surface area contributed by atoms with Crippen LogP contribution in [0.15, 0.2) is 46.4 Å². The lowest BCUT2D eigenvalue weighted by Crippen LogP contribution is -2.18. The molecular weight excluding hydrogens is 350 g/mol. The molecule has 0 spiro atoms. The van der Waals surface area contributed by atoms with E-state index in [9.17, 15) is 23.6 Å². The van der Waals surface area contributed by atoms with Gasteiger partial charge in [-0.05, 0) is 36.8 Å². The van der Waals surface area contributed by atoms with Crippen molar-refractivity contribution in [2.24, 2.45) is 5.10 Å². The van der Waals surface area contributed by atoms with E-state index in [1.807, 2.05) is 4.83 Å². The number of ether oxygens (including phenoxy) is 1. The number of rotatable bonds is 6. The Balaban J connectivity index is 2.20. The predicted molar refractivity (Wildman–Crippen MR) is 90.4 cm³/mol. The fourth-order valence-electron chi connectivity index (χ4n) is 1.96. The molecule has 0 fully saturated rings. The number of aromatic hydroxyl groups is 1. The first-order valence-corrected chi connectivity index (χ1v) is 8.40. The van der Waals surface area contributed by atoms with E-state index >= 15 is 0 Å². The van der Waals surface area contributed by atoms with Gasteiger partial charge in [0.1, 0.15) is 0 Å². The van der Waals surface area contributed by atoms with Crippen LogP contribution < -0.4 is 9.57 Å². The van der Waals surface area contributed by atoms with Gasteiger partial charge in [-0.25, -0.2) is 4.83 Å². The minimum Gasteiger partial charge on any atom is -0.504 e. The van der Waals surface area contributed by atoms with E-state index in [0.29, 0.717) is 11.1 Å². The van der Waals surface area contributed by atoms with Gasteiger partial charge in [0.25, 0.3) is 15.7 Å². The summed E-state index contributed by atoms with van der Waals surface area (Å²) in [6.07, 6.45) is 1.18. The summed E-state index contributed by atoms with van der Waals surface area (Å²) in [7, 11) is -2.67. The number of nitro benzene ring substituents is 1. The first-order valence-electron chi connectivity index (χ1n) is 6.91. The molecule has 0 aliphatic heterocycles. The van der Waals surface area contributed by atoms with Gasteiger partial charge in [0.2, 0.25) is 0 Å². The lowest BCUT2D eigenvalue weighted by molar-refractivity contribution is -0.385. The van der Waals surface area contributed by atoms with Crippen LogP contribution in [0.2, 0.25) is 0 Å². The molecule has 0 radical (unpaired) electrons. The van der Waals surface area contributed by atoms with Crippen LogP contribution in [0.5, 0.6) is 11.5 Å². The first-order chi connectivity index (χ1) is 11.7. The number of hydrogen-bond donors (Lipinski definition) is 2. The summed E-state index contributed by atoms with van der Waals surface area (Å²) >= 11 is 0. The van der Waals surface area contributed by atoms with Crippen molar-refractivity contribution in [1.29, 1.82) is 0 Å².